The van der Waals surface area contributed by atoms with E-state index in [4.69, 9.17) is 4.74 Å². The van der Waals surface area contributed by atoms with E-state index >= 15 is 0 Å². The number of H-pyrrole nitrogens is 1. The van der Waals surface area contributed by atoms with Crippen LogP contribution in [0.3, 0.4) is 0 Å². The highest BCUT2D eigenvalue weighted by atomic mass is 19.1. The normalized spacial score (nSPS) is 18.1. The zero-order chi connectivity index (χ0) is 28.2. The van der Waals surface area contributed by atoms with E-state index in [9.17, 15) is 23.6 Å². The first-order valence-electron chi connectivity index (χ1n) is 13.4. The van der Waals surface area contributed by atoms with Crippen molar-refractivity contribution < 1.29 is 28.3 Å². The largest absolute Gasteiger partial charge is 0.379 e. The fourth-order valence-electron chi connectivity index (χ4n) is 5.28. The summed E-state index contributed by atoms with van der Waals surface area (Å²) in [5.41, 5.74) is 0.772. The summed E-state index contributed by atoms with van der Waals surface area (Å²) in [5.74, 6) is -2.90. The zero-order valence-electron chi connectivity index (χ0n) is 22.3. The molecule has 2 N–H and O–H groups in total. The molecule has 1 unspecified atom stereocenters. The number of carbonyl (C=O) groups is 4. The van der Waals surface area contributed by atoms with Crippen molar-refractivity contribution in [1.29, 1.82) is 0 Å². The number of amides is 3. The number of nitrogens with zero attached hydrogens (tertiary/aromatic N) is 3. The summed E-state index contributed by atoms with van der Waals surface area (Å²) in [4.78, 5) is 60.4. The maximum atomic E-state index is 15.0. The van der Waals surface area contributed by atoms with Crippen molar-refractivity contribution in [1.82, 2.24) is 25.0 Å². The van der Waals surface area contributed by atoms with Gasteiger partial charge in [-0.25, -0.2) is 4.39 Å². The van der Waals surface area contributed by atoms with E-state index in [0.29, 0.717) is 31.9 Å². The Bertz CT molecular complexity index is 1420. The molecule has 0 bridgehead atoms. The van der Waals surface area contributed by atoms with E-state index in [1.54, 1.807) is 36.1 Å². The smallest absolute Gasteiger partial charge is 0.295 e. The molecule has 11 heteroatoms. The SMILES string of the molecule is CC1CN(C(=O)c2ccccc2)CCN1C(=O)C(=O)c1c[nH]c2c(C(=O)NCCN3CCOCC3)ccc(F)c12. The monoisotopic (exact) mass is 549 g/mol. The number of aromatic nitrogens is 1. The van der Waals surface area contributed by atoms with Gasteiger partial charge in [-0.3, -0.25) is 24.1 Å². The number of hydrogen-bond acceptors (Lipinski definition) is 6. The number of halogens is 1. The van der Waals surface area contributed by atoms with Crippen LogP contribution in [0.15, 0.2) is 48.7 Å². The lowest BCUT2D eigenvalue weighted by Gasteiger charge is -2.39. The lowest BCUT2D eigenvalue weighted by atomic mass is 10.0. The maximum Gasteiger partial charge on any atom is 0.295 e. The molecule has 2 aliphatic rings. The van der Waals surface area contributed by atoms with Gasteiger partial charge < -0.3 is 24.8 Å². The summed E-state index contributed by atoms with van der Waals surface area (Å²) < 4.78 is 20.3. The topological polar surface area (TPSA) is 115 Å². The molecule has 40 heavy (non-hydrogen) atoms. The van der Waals surface area contributed by atoms with Crippen molar-refractivity contribution in [2.45, 2.75) is 13.0 Å². The summed E-state index contributed by atoms with van der Waals surface area (Å²) in [7, 11) is 0. The second kappa shape index (κ2) is 12.0. The van der Waals surface area contributed by atoms with Gasteiger partial charge in [0.15, 0.2) is 0 Å². The lowest BCUT2D eigenvalue weighted by molar-refractivity contribution is -0.130. The second-order valence-electron chi connectivity index (χ2n) is 10.1. The third kappa shape index (κ3) is 5.61. The minimum absolute atomic E-state index is 0.0928. The van der Waals surface area contributed by atoms with Crippen molar-refractivity contribution >= 4 is 34.4 Å². The standard InChI is InChI=1S/C29H32FN5O5/c1-19-18-34(28(38)20-5-3-2-4-6-20)11-12-35(19)29(39)26(36)22-17-32-25-21(7-8-23(30)24(22)25)27(37)31-9-10-33-13-15-40-16-14-33/h2-8,17,19,32H,9-16,18H2,1H3,(H,31,37). The van der Waals surface area contributed by atoms with Crippen LogP contribution in [0.25, 0.3) is 10.9 Å². The first-order valence-corrected chi connectivity index (χ1v) is 13.4. The zero-order valence-corrected chi connectivity index (χ0v) is 22.3. The molecule has 2 aromatic carbocycles. The predicted octanol–water partition coefficient (Wildman–Crippen LogP) is 1.92. The van der Waals surface area contributed by atoms with E-state index in [-0.39, 0.29) is 47.6 Å². The maximum absolute atomic E-state index is 15.0. The number of Topliss-reactive ketones (excluding diaryl/α,β-unsaturated/α-hetero) is 1. The Morgan fingerprint density at radius 2 is 1.75 bits per heavy atom. The summed E-state index contributed by atoms with van der Waals surface area (Å²) in [6.07, 6.45) is 1.28. The average Bonchev–Trinajstić information content (AvgIpc) is 3.43. The Labute approximate surface area is 231 Å². The Balaban J connectivity index is 1.27. The summed E-state index contributed by atoms with van der Waals surface area (Å²) in [6.45, 7) is 6.45. The molecule has 10 nitrogen and oxygen atoms in total. The number of benzene rings is 2. The number of rotatable bonds is 7. The first kappa shape index (κ1) is 27.5. The molecule has 3 amide bonds. The third-order valence-corrected chi connectivity index (χ3v) is 7.48. The van der Waals surface area contributed by atoms with E-state index in [1.165, 1.54) is 17.2 Å². The van der Waals surface area contributed by atoms with E-state index < -0.39 is 29.5 Å². The molecule has 0 aliphatic carbocycles. The molecule has 0 spiro atoms. The van der Waals surface area contributed by atoms with Gasteiger partial charge in [0, 0.05) is 69.0 Å². The number of carbonyl (C=O) groups excluding carboxylic acids is 4. The third-order valence-electron chi connectivity index (χ3n) is 7.48. The van der Waals surface area contributed by atoms with E-state index in [1.807, 2.05) is 6.07 Å². The van der Waals surface area contributed by atoms with Gasteiger partial charge in [-0.2, -0.15) is 0 Å². The lowest BCUT2D eigenvalue weighted by Crippen LogP contribution is -2.56. The van der Waals surface area contributed by atoms with Gasteiger partial charge >= 0.3 is 0 Å². The van der Waals surface area contributed by atoms with Gasteiger partial charge in [-0.15, -0.1) is 0 Å². The highest BCUT2D eigenvalue weighted by molar-refractivity contribution is 6.45. The number of piperazine rings is 1. The molecule has 0 saturated carbocycles. The van der Waals surface area contributed by atoms with Crippen LogP contribution in [0, 0.1) is 5.82 Å². The summed E-state index contributed by atoms with van der Waals surface area (Å²) in [6, 6.07) is 10.9. The highest BCUT2D eigenvalue weighted by Gasteiger charge is 2.35. The Morgan fingerprint density at radius 1 is 1.00 bits per heavy atom. The second-order valence-corrected chi connectivity index (χ2v) is 10.1. The van der Waals surface area contributed by atoms with Gasteiger partial charge in [-0.05, 0) is 31.2 Å². The molecule has 2 aliphatic heterocycles. The number of aromatic amines is 1. The number of nitrogens with one attached hydrogen (secondary N) is 2. The molecule has 0 radical (unpaired) electrons. The molecule has 1 aromatic heterocycles. The van der Waals surface area contributed by atoms with Crippen LogP contribution in [0.5, 0.6) is 0 Å². The van der Waals surface area contributed by atoms with Gasteiger partial charge in [0.2, 0.25) is 0 Å². The van der Waals surface area contributed by atoms with Crippen molar-refractivity contribution in [3.63, 3.8) is 0 Å². The Hall–Kier alpha value is -4.09. The molecular weight excluding hydrogens is 517 g/mol. The molecule has 210 valence electrons. The summed E-state index contributed by atoms with van der Waals surface area (Å²) in [5, 5.41) is 2.75. The Kier molecular flexibility index (Phi) is 8.22. The molecule has 2 saturated heterocycles. The molecule has 5 rings (SSSR count). The average molecular weight is 550 g/mol. The molecule has 3 aromatic rings. The van der Waals surface area contributed by atoms with Crippen LogP contribution < -0.4 is 5.32 Å². The van der Waals surface area contributed by atoms with Crippen molar-refractivity contribution in [3.05, 3.63) is 71.2 Å². The quantitative estimate of drug-likeness (QED) is 0.344. The number of fused-ring (bicyclic) bond motifs is 1. The fraction of sp³-hybridized carbons (Fsp3) is 0.379. The van der Waals surface area contributed by atoms with Crippen LogP contribution in [0.2, 0.25) is 0 Å². The van der Waals surface area contributed by atoms with Crippen LogP contribution >= 0.6 is 0 Å². The van der Waals surface area contributed by atoms with E-state index in [0.717, 1.165) is 19.2 Å². The minimum atomic E-state index is -0.871. The van der Waals surface area contributed by atoms with Crippen molar-refractivity contribution in [2.75, 3.05) is 59.0 Å². The highest BCUT2D eigenvalue weighted by Crippen LogP contribution is 2.26. The van der Waals surface area contributed by atoms with Gasteiger partial charge in [0.1, 0.15) is 5.82 Å². The first-order chi connectivity index (χ1) is 19.3. The number of hydrogen-bond donors (Lipinski definition) is 2. The predicted molar refractivity (Wildman–Crippen MR) is 146 cm³/mol. The van der Waals surface area contributed by atoms with Gasteiger partial charge in [0.05, 0.1) is 29.9 Å². The number of ether oxygens (including phenoxy) is 1. The Morgan fingerprint density at radius 3 is 2.48 bits per heavy atom. The molecule has 3 heterocycles. The summed E-state index contributed by atoms with van der Waals surface area (Å²) >= 11 is 0. The van der Waals surface area contributed by atoms with E-state index in [2.05, 4.69) is 15.2 Å². The van der Waals surface area contributed by atoms with Crippen LogP contribution in [0.4, 0.5) is 4.39 Å². The van der Waals surface area contributed by atoms with Crippen LogP contribution in [-0.4, -0.2) is 108 Å². The van der Waals surface area contributed by atoms with Crippen molar-refractivity contribution in [3.8, 4) is 0 Å². The molecular formula is C29H32FN5O5. The number of morpholine rings is 1. The molecule has 1 atom stereocenters. The molecule has 2 fully saturated rings. The van der Waals surface area contributed by atoms with Crippen LogP contribution in [0.1, 0.15) is 38.0 Å². The number of ketones is 1. The van der Waals surface area contributed by atoms with Crippen LogP contribution in [-0.2, 0) is 9.53 Å². The van der Waals surface area contributed by atoms with Gasteiger partial charge in [-0.1, -0.05) is 18.2 Å². The minimum Gasteiger partial charge on any atom is -0.379 e. The van der Waals surface area contributed by atoms with Gasteiger partial charge in [0.25, 0.3) is 23.5 Å². The van der Waals surface area contributed by atoms with Crippen molar-refractivity contribution in [2.24, 2.45) is 0 Å². The fourth-order valence-corrected chi connectivity index (χ4v) is 5.28.